The van der Waals surface area contributed by atoms with Gasteiger partial charge in [-0.25, -0.2) is 4.79 Å². The molecule has 1 aliphatic rings. The number of piperidine rings is 1. The highest BCUT2D eigenvalue weighted by Gasteiger charge is 2.24. The highest BCUT2D eigenvalue weighted by atomic mass is 35.5. The van der Waals surface area contributed by atoms with Crippen molar-refractivity contribution in [3.8, 4) is 5.75 Å². The maximum Gasteiger partial charge on any atom is 0.408 e. The Bertz CT molecular complexity index is 770. The molecule has 1 heterocycles. The molecule has 1 aromatic rings. The van der Waals surface area contributed by atoms with Gasteiger partial charge in [0, 0.05) is 24.7 Å². The van der Waals surface area contributed by atoms with E-state index in [1.54, 1.807) is 43.9 Å². The van der Waals surface area contributed by atoms with Crippen LogP contribution in [0.5, 0.6) is 5.75 Å². The Kier molecular flexibility index (Phi) is 8.34. The molecule has 0 bridgehead atoms. The van der Waals surface area contributed by atoms with Gasteiger partial charge < -0.3 is 25.0 Å². The smallest absolute Gasteiger partial charge is 0.408 e. The van der Waals surface area contributed by atoms with Crippen LogP contribution in [0.15, 0.2) is 18.2 Å². The SMILES string of the molecule is COc1ccc(Cl)cc1C(=O)NCC1CCN(C(=O)CNC(=O)OC(C)(C)C)CC1. The third-order valence-electron chi connectivity index (χ3n) is 4.71. The largest absolute Gasteiger partial charge is 0.496 e. The normalized spacial score (nSPS) is 14.8. The van der Waals surface area contributed by atoms with Crippen LogP contribution in [0, 0.1) is 5.92 Å². The quantitative estimate of drug-likeness (QED) is 0.710. The van der Waals surface area contributed by atoms with Crippen molar-refractivity contribution in [1.82, 2.24) is 15.5 Å². The van der Waals surface area contributed by atoms with E-state index in [0.29, 0.717) is 36.0 Å². The summed E-state index contributed by atoms with van der Waals surface area (Å²) in [6.45, 7) is 6.87. The van der Waals surface area contributed by atoms with Gasteiger partial charge in [0.2, 0.25) is 5.91 Å². The molecule has 0 spiro atoms. The lowest BCUT2D eigenvalue weighted by atomic mass is 9.96. The first-order chi connectivity index (χ1) is 14.1. The van der Waals surface area contributed by atoms with Gasteiger partial charge in [-0.1, -0.05) is 11.6 Å². The van der Waals surface area contributed by atoms with Crippen LogP contribution in [0.3, 0.4) is 0 Å². The number of halogens is 1. The van der Waals surface area contributed by atoms with E-state index in [2.05, 4.69) is 10.6 Å². The first-order valence-electron chi connectivity index (χ1n) is 9.95. The van der Waals surface area contributed by atoms with Crippen molar-refractivity contribution >= 4 is 29.5 Å². The third-order valence-corrected chi connectivity index (χ3v) is 4.94. The Hall–Kier alpha value is -2.48. The van der Waals surface area contributed by atoms with Crippen LogP contribution >= 0.6 is 11.6 Å². The van der Waals surface area contributed by atoms with Crippen LogP contribution in [0.2, 0.25) is 5.02 Å². The minimum atomic E-state index is -0.607. The number of hydrogen-bond acceptors (Lipinski definition) is 5. The summed E-state index contributed by atoms with van der Waals surface area (Å²) in [7, 11) is 1.50. The average molecular weight is 440 g/mol. The minimum absolute atomic E-state index is 0.0924. The van der Waals surface area contributed by atoms with E-state index in [9.17, 15) is 14.4 Å². The van der Waals surface area contributed by atoms with Gasteiger partial charge in [0.05, 0.1) is 12.7 Å². The molecule has 0 saturated carbocycles. The maximum absolute atomic E-state index is 12.5. The molecule has 2 rings (SSSR count). The summed E-state index contributed by atoms with van der Waals surface area (Å²) in [5.41, 5.74) is -0.212. The fourth-order valence-corrected chi connectivity index (χ4v) is 3.32. The number of amides is 3. The fraction of sp³-hybridized carbons (Fsp3) is 0.571. The lowest BCUT2D eigenvalue weighted by molar-refractivity contribution is -0.131. The molecule has 0 radical (unpaired) electrons. The molecule has 1 aliphatic heterocycles. The number of rotatable bonds is 6. The number of likely N-dealkylation sites (tertiary alicyclic amines) is 1. The number of hydrogen-bond donors (Lipinski definition) is 2. The van der Waals surface area contributed by atoms with Crippen molar-refractivity contribution in [3.05, 3.63) is 28.8 Å². The second-order valence-corrected chi connectivity index (χ2v) is 8.67. The Morgan fingerprint density at radius 3 is 2.43 bits per heavy atom. The summed E-state index contributed by atoms with van der Waals surface area (Å²) in [6.07, 6.45) is 0.931. The Labute approximate surface area is 182 Å². The zero-order chi connectivity index (χ0) is 22.3. The molecule has 0 unspecified atom stereocenters. The molecule has 0 atom stereocenters. The molecular weight excluding hydrogens is 410 g/mol. The van der Waals surface area contributed by atoms with E-state index in [1.807, 2.05) is 0 Å². The van der Waals surface area contributed by atoms with Gasteiger partial charge in [-0.2, -0.15) is 0 Å². The number of ether oxygens (including phenoxy) is 2. The second-order valence-electron chi connectivity index (χ2n) is 8.23. The van der Waals surface area contributed by atoms with Crippen molar-refractivity contribution in [3.63, 3.8) is 0 Å². The van der Waals surface area contributed by atoms with E-state index < -0.39 is 11.7 Å². The minimum Gasteiger partial charge on any atom is -0.496 e. The van der Waals surface area contributed by atoms with Crippen molar-refractivity contribution < 1.29 is 23.9 Å². The number of methoxy groups -OCH3 is 1. The first kappa shape index (κ1) is 23.8. The Morgan fingerprint density at radius 2 is 1.83 bits per heavy atom. The summed E-state index contributed by atoms with van der Waals surface area (Å²) < 4.78 is 10.3. The van der Waals surface area contributed by atoms with E-state index in [4.69, 9.17) is 21.1 Å². The predicted molar refractivity (Wildman–Crippen MR) is 114 cm³/mol. The van der Waals surface area contributed by atoms with Crippen LogP contribution in [-0.4, -0.2) is 61.7 Å². The van der Waals surface area contributed by atoms with Gasteiger partial charge in [-0.3, -0.25) is 9.59 Å². The fourth-order valence-electron chi connectivity index (χ4n) is 3.15. The van der Waals surface area contributed by atoms with Crippen molar-refractivity contribution in [1.29, 1.82) is 0 Å². The van der Waals surface area contributed by atoms with Gasteiger partial charge in [0.1, 0.15) is 17.9 Å². The van der Waals surface area contributed by atoms with Gasteiger partial charge in [-0.05, 0) is 57.7 Å². The monoisotopic (exact) mass is 439 g/mol. The van der Waals surface area contributed by atoms with Crippen molar-refractivity contribution in [2.45, 2.75) is 39.2 Å². The standard InChI is InChI=1S/C21H30ClN3O5/c1-21(2,3)30-20(28)24-13-18(26)25-9-7-14(8-10-25)12-23-19(27)16-11-15(22)5-6-17(16)29-4/h5-6,11,14H,7-10,12-13H2,1-4H3,(H,23,27)(H,24,28). The van der Waals surface area contributed by atoms with Crippen molar-refractivity contribution in [2.24, 2.45) is 5.92 Å². The molecule has 1 fully saturated rings. The van der Waals surface area contributed by atoms with E-state index in [-0.39, 0.29) is 24.3 Å². The van der Waals surface area contributed by atoms with Gasteiger partial charge in [-0.15, -0.1) is 0 Å². The zero-order valence-electron chi connectivity index (χ0n) is 17.9. The highest BCUT2D eigenvalue weighted by molar-refractivity contribution is 6.31. The molecule has 166 valence electrons. The second kappa shape index (κ2) is 10.5. The molecule has 30 heavy (non-hydrogen) atoms. The third kappa shape index (κ3) is 7.40. The van der Waals surface area contributed by atoms with Gasteiger partial charge in [0.15, 0.2) is 0 Å². The molecule has 9 heteroatoms. The Balaban J connectivity index is 1.74. The summed E-state index contributed by atoms with van der Waals surface area (Å²) >= 11 is 5.98. The van der Waals surface area contributed by atoms with Gasteiger partial charge in [0.25, 0.3) is 5.91 Å². The molecule has 3 amide bonds. The van der Waals surface area contributed by atoms with Gasteiger partial charge >= 0.3 is 6.09 Å². The molecule has 8 nitrogen and oxygen atoms in total. The molecule has 1 aromatic carbocycles. The number of benzene rings is 1. The summed E-state index contributed by atoms with van der Waals surface area (Å²) in [6, 6.07) is 4.91. The predicted octanol–water partition coefficient (Wildman–Crippen LogP) is 2.84. The number of alkyl carbamates (subject to hydrolysis) is 1. The van der Waals surface area contributed by atoms with Crippen LogP contribution < -0.4 is 15.4 Å². The zero-order valence-corrected chi connectivity index (χ0v) is 18.7. The molecule has 0 aromatic heterocycles. The molecule has 2 N–H and O–H groups in total. The average Bonchev–Trinajstić information content (AvgIpc) is 2.69. The van der Waals surface area contributed by atoms with E-state index in [1.165, 1.54) is 7.11 Å². The van der Waals surface area contributed by atoms with Crippen LogP contribution in [0.25, 0.3) is 0 Å². The topological polar surface area (TPSA) is 97.0 Å². The number of nitrogens with zero attached hydrogens (tertiary/aromatic N) is 1. The number of nitrogens with one attached hydrogen (secondary N) is 2. The summed E-state index contributed by atoms with van der Waals surface area (Å²) in [5, 5.41) is 5.88. The molecular formula is C21H30ClN3O5. The number of carbonyl (C=O) groups is 3. The lowest BCUT2D eigenvalue weighted by Gasteiger charge is -2.32. The summed E-state index contributed by atoms with van der Waals surface area (Å²) in [5.74, 6) is 0.346. The lowest BCUT2D eigenvalue weighted by Crippen LogP contribution is -2.46. The van der Waals surface area contributed by atoms with E-state index >= 15 is 0 Å². The molecule has 0 aliphatic carbocycles. The van der Waals surface area contributed by atoms with E-state index in [0.717, 1.165) is 12.8 Å². The summed E-state index contributed by atoms with van der Waals surface area (Å²) in [4.78, 5) is 38.1. The van der Waals surface area contributed by atoms with Crippen LogP contribution in [-0.2, 0) is 9.53 Å². The van der Waals surface area contributed by atoms with Crippen LogP contribution in [0.1, 0.15) is 44.0 Å². The maximum atomic E-state index is 12.5. The number of carbonyl (C=O) groups excluding carboxylic acids is 3. The van der Waals surface area contributed by atoms with Crippen molar-refractivity contribution in [2.75, 3.05) is 33.3 Å². The Morgan fingerprint density at radius 1 is 1.17 bits per heavy atom. The molecule has 1 saturated heterocycles. The highest BCUT2D eigenvalue weighted by Crippen LogP contribution is 2.23. The first-order valence-corrected chi connectivity index (χ1v) is 10.3. The van der Waals surface area contributed by atoms with Crippen LogP contribution in [0.4, 0.5) is 4.79 Å².